The molecule has 0 radical (unpaired) electrons. The van der Waals surface area contributed by atoms with E-state index >= 15 is 0 Å². The minimum atomic E-state index is -3.61. The predicted octanol–water partition coefficient (Wildman–Crippen LogP) is 0.183. The summed E-state index contributed by atoms with van der Waals surface area (Å²) in [7, 11) is -1.90. The van der Waals surface area contributed by atoms with Crippen molar-refractivity contribution in [3.8, 4) is 0 Å². The second-order valence-electron chi connectivity index (χ2n) is 3.69. The van der Waals surface area contributed by atoms with E-state index in [2.05, 4.69) is 19.7 Å². The number of rotatable bonds is 4. The summed E-state index contributed by atoms with van der Waals surface area (Å²) >= 11 is 0. The van der Waals surface area contributed by atoms with Crippen LogP contribution in [0, 0.1) is 0 Å². The zero-order valence-corrected chi connectivity index (χ0v) is 10.3. The molecule has 17 heavy (non-hydrogen) atoms. The van der Waals surface area contributed by atoms with Gasteiger partial charge in [-0.3, -0.25) is 0 Å². The number of aryl methyl sites for hydroxylation is 1. The van der Waals surface area contributed by atoms with Crippen LogP contribution in [0.1, 0.15) is 18.8 Å². The van der Waals surface area contributed by atoms with Gasteiger partial charge in [0.2, 0.25) is 0 Å². The van der Waals surface area contributed by atoms with E-state index in [9.17, 15) is 8.42 Å². The van der Waals surface area contributed by atoms with E-state index in [1.54, 1.807) is 30.9 Å². The van der Waals surface area contributed by atoms with Gasteiger partial charge in [0, 0.05) is 25.6 Å². The van der Waals surface area contributed by atoms with Gasteiger partial charge in [0.15, 0.2) is 5.03 Å². The van der Waals surface area contributed by atoms with Crippen molar-refractivity contribution in [2.24, 2.45) is 7.05 Å². The van der Waals surface area contributed by atoms with E-state index in [4.69, 9.17) is 0 Å². The van der Waals surface area contributed by atoms with Gasteiger partial charge in [-0.1, -0.05) is 0 Å². The van der Waals surface area contributed by atoms with Crippen molar-refractivity contribution in [1.29, 1.82) is 0 Å². The molecule has 2 heterocycles. The molecule has 0 aromatic carbocycles. The second-order valence-corrected chi connectivity index (χ2v) is 5.36. The van der Waals surface area contributed by atoms with Crippen molar-refractivity contribution >= 4 is 10.0 Å². The molecule has 8 heteroatoms. The van der Waals surface area contributed by atoms with Crippen LogP contribution in [0.15, 0.2) is 29.9 Å². The number of nitrogens with zero attached hydrogens (tertiary/aromatic N) is 3. The molecule has 0 saturated carbocycles. The van der Waals surface area contributed by atoms with Crippen molar-refractivity contribution in [3.05, 3.63) is 30.7 Å². The molecule has 0 aliphatic carbocycles. The third-order valence-electron chi connectivity index (χ3n) is 2.22. The SMILES string of the molecule is CC(NS(=O)(=O)c1cn(C)cn1)c1ncc[nH]1. The Morgan fingerprint density at radius 2 is 2.24 bits per heavy atom. The van der Waals surface area contributed by atoms with Gasteiger partial charge in [-0.05, 0) is 6.92 Å². The van der Waals surface area contributed by atoms with E-state index in [0.29, 0.717) is 5.82 Å². The van der Waals surface area contributed by atoms with Gasteiger partial charge in [-0.15, -0.1) is 0 Å². The lowest BCUT2D eigenvalue weighted by atomic mass is 10.3. The normalized spacial score (nSPS) is 13.8. The molecule has 2 rings (SSSR count). The van der Waals surface area contributed by atoms with Crippen LogP contribution in [0.3, 0.4) is 0 Å². The van der Waals surface area contributed by atoms with Crippen LogP contribution in [0.25, 0.3) is 0 Å². The smallest absolute Gasteiger partial charge is 0.260 e. The molecule has 0 aliphatic rings. The third-order valence-corrected chi connectivity index (χ3v) is 3.64. The number of nitrogens with one attached hydrogen (secondary N) is 2. The Labute approximate surface area is 99.0 Å². The van der Waals surface area contributed by atoms with Crippen molar-refractivity contribution in [2.75, 3.05) is 0 Å². The Bertz CT molecular complexity index is 587. The Kier molecular flexibility index (Phi) is 2.99. The first kappa shape index (κ1) is 11.8. The van der Waals surface area contributed by atoms with Crippen LogP contribution in [0.5, 0.6) is 0 Å². The molecular formula is C9H13N5O2S. The number of sulfonamides is 1. The van der Waals surface area contributed by atoms with Gasteiger partial charge in [0.05, 0.1) is 12.4 Å². The lowest BCUT2D eigenvalue weighted by Crippen LogP contribution is -2.27. The summed E-state index contributed by atoms with van der Waals surface area (Å²) < 4.78 is 27.9. The lowest BCUT2D eigenvalue weighted by Gasteiger charge is -2.10. The minimum absolute atomic E-state index is 0.00148. The molecule has 0 bridgehead atoms. The standard InChI is InChI=1S/C9H13N5O2S/c1-7(9-10-3-4-11-9)13-17(15,16)8-5-14(2)6-12-8/h3-7,13H,1-2H3,(H,10,11). The highest BCUT2D eigenvalue weighted by atomic mass is 32.2. The average Bonchev–Trinajstić information content (AvgIpc) is 2.86. The molecular weight excluding hydrogens is 242 g/mol. The number of aromatic nitrogens is 4. The summed E-state index contributed by atoms with van der Waals surface area (Å²) in [4.78, 5) is 10.6. The monoisotopic (exact) mass is 255 g/mol. The van der Waals surface area contributed by atoms with Gasteiger partial charge in [0.1, 0.15) is 5.82 Å². The Hall–Kier alpha value is -1.67. The number of H-pyrrole nitrogens is 1. The maximum atomic E-state index is 11.9. The average molecular weight is 255 g/mol. The molecule has 0 aliphatic heterocycles. The summed E-state index contributed by atoms with van der Waals surface area (Å²) in [6.45, 7) is 1.71. The van der Waals surface area contributed by atoms with Crippen LogP contribution < -0.4 is 4.72 Å². The van der Waals surface area contributed by atoms with Crippen LogP contribution in [0.2, 0.25) is 0 Å². The molecule has 1 atom stereocenters. The van der Waals surface area contributed by atoms with E-state index in [1.807, 2.05) is 0 Å². The Morgan fingerprint density at radius 3 is 2.76 bits per heavy atom. The summed E-state index contributed by atoms with van der Waals surface area (Å²) in [5, 5.41) is -0.00148. The molecule has 92 valence electrons. The fourth-order valence-electron chi connectivity index (χ4n) is 1.39. The summed E-state index contributed by atoms with van der Waals surface area (Å²) in [5.41, 5.74) is 0. The van der Waals surface area contributed by atoms with E-state index < -0.39 is 16.1 Å². The predicted molar refractivity (Wildman–Crippen MR) is 60.5 cm³/mol. The van der Waals surface area contributed by atoms with E-state index in [-0.39, 0.29) is 5.03 Å². The maximum Gasteiger partial charge on any atom is 0.260 e. The van der Waals surface area contributed by atoms with Gasteiger partial charge in [0.25, 0.3) is 10.0 Å². The topological polar surface area (TPSA) is 92.7 Å². The van der Waals surface area contributed by atoms with Gasteiger partial charge < -0.3 is 9.55 Å². The molecule has 0 saturated heterocycles. The lowest BCUT2D eigenvalue weighted by molar-refractivity contribution is 0.558. The van der Waals surface area contributed by atoms with Crippen LogP contribution >= 0.6 is 0 Å². The van der Waals surface area contributed by atoms with Crippen molar-refractivity contribution < 1.29 is 8.42 Å². The Balaban J connectivity index is 2.18. The summed E-state index contributed by atoms with van der Waals surface area (Å²) in [6.07, 6.45) is 6.09. The Morgan fingerprint density at radius 1 is 1.47 bits per heavy atom. The van der Waals surface area contributed by atoms with Crippen LogP contribution in [0.4, 0.5) is 0 Å². The molecule has 0 amide bonds. The number of hydrogen-bond acceptors (Lipinski definition) is 4. The molecule has 2 N–H and O–H groups in total. The van der Waals surface area contributed by atoms with Crippen molar-refractivity contribution in [2.45, 2.75) is 18.0 Å². The highest BCUT2D eigenvalue weighted by Crippen LogP contribution is 2.11. The number of hydrogen-bond donors (Lipinski definition) is 2. The van der Waals surface area contributed by atoms with Gasteiger partial charge in [-0.2, -0.15) is 4.72 Å². The first-order valence-electron chi connectivity index (χ1n) is 4.98. The minimum Gasteiger partial charge on any atom is -0.347 e. The highest BCUT2D eigenvalue weighted by molar-refractivity contribution is 7.89. The van der Waals surface area contributed by atoms with Crippen LogP contribution in [-0.4, -0.2) is 27.9 Å². The maximum absolute atomic E-state index is 11.9. The van der Waals surface area contributed by atoms with Crippen molar-refractivity contribution in [3.63, 3.8) is 0 Å². The first-order chi connectivity index (χ1) is 7.99. The van der Waals surface area contributed by atoms with Crippen LogP contribution in [-0.2, 0) is 17.1 Å². The second kappa shape index (κ2) is 4.30. The zero-order chi connectivity index (χ0) is 12.5. The molecule has 2 aromatic rings. The fraction of sp³-hybridized carbons (Fsp3) is 0.333. The summed E-state index contributed by atoms with van der Waals surface area (Å²) in [6, 6.07) is -0.433. The molecule has 0 spiro atoms. The van der Waals surface area contributed by atoms with Gasteiger partial charge >= 0.3 is 0 Å². The summed E-state index contributed by atoms with van der Waals surface area (Å²) in [5.74, 6) is 0.560. The molecule has 0 fully saturated rings. The first-order valence-corrected chi connectivity index (χ1v) is 6.47. The fourth-order valence-corrected chi connectivity index (χ4v) is 2.58. The van der Waals surface area contributed by atoms with E-state index in [0.717, 1.165) is 0 Å². The molecule has 2 aromatic heterocycles. The van der Waals surface area contributed by atoms with Gasteiger partial charge in [-0.25, -0.2) is 18.4 Å². The quantitative estimate of drug-likeness (QED) is 0.815. The zero-order valence-electron chi connectivity index (χ0n) is 9.45. The molecule has 7 nitrogen and oxygen atoms in total. The van der Waals surface area contributed by atoms with Crippen molar-refractivity contribution in [1.82, 2.24) is 24.2 Å². The highest BCUT2D eigenvalue weighted by Gasteiger charge is 2.21. The number of imidazole rings is 2. The third kappa shape index (κ3) is 2.53. The molecule has 1 unspecified atom stereocenters. The number of aromatic amines is 1. The van der Waals surface area contributed by atoms with E-state index in [1.165, 1.54) is 12.5 Å². The largest absolute Gasteiger partial charge is 0.347 e.